The number of rotatable bonds is 6. The normalized spacial score (nSPS) is 10.0. The van der Waals surface area contributed by atoms with Crippen molar-refractivity contribution in [2.45, 2.75) is 13.0 Å². The highest BCUT2D eigenvalue weighted by Gasteiger charge is 2.08. The topological polar surface area (TPSA) is 98.9 Å². The Bertz CT molecular complexity index is 668. The van der Waals surface area contributed by atoms with Crippen molar-refractivity contribution in [3.8, 4) is 11.5 Å². The average molecular weight is 303 g/mol. The van der Waals surface area contributed by atoms with Crippen LogP contribution < -0.4 is 4.74 Å². The third-order valence-corrected chi connectivity index (χ3v) is 2.74. The molecule has 0 bridgehead atoms. The molecular formula is C15H13NO6. The van der Waals surface area contributed by atoms with Crippen molar-refractivity contribution in [3.05, 3.63) is 69.8 Å². The Morgan fingerprint density at radius 1 is 1.14 bits per heavy atom. The molecule has 0 aliphatic heterocycles. The Balaban J connectivity index is 1.94. The number of aromatic hydroxyl groups is 1. The zero-order chi connectivity index (χ0) is 15.9. The number of hydrogen-bond donors (Lipinski definition) is 1. The van der Waals surface area contributed by atoms with Crippen LogP contribution in [0.25, 0.3) is 0 Å². The number of esters is 1. The molecule has 0 aromatic heterocycles. The van der Waals surface area contributed by atoms with E-state index < -0.39 is 11.1 Å². The Labute approximate surface area is 125 Å². The lowest BCUT2D eigenvalue weighted by molar-refractivity contribution is -0.763. The van der Waals surface area contributed by atoms with E-state index in [4.69, 9.17) is 9.84 Å². The second-order valence-electron chi connectivity index (χ2n) is 4.46. The maximum Gasteiger partial charge on any atom is 0.315 e. The van der Waals surface area contributed by atoms with Gasteiger partial charge in [0.25, 0.3) is 5.09 Å². The number of hydrogen-bond acceptors (Lipinski definition) is 6. The fourth-order valence-electron chi connectivity index (χ4n) is 1.81. The van der Waals surface area contributed by atoms with Crippen LogP contribution in [0.4, 0.5) is 0 Å². The van der Waals surface area contributed by atoms with E-state index in [2.05, 4.69) is 4.84 Å². The first-order valence-corrected chi connectivity index (χ1v) is 6.38. The summed E-state index contributed by atoms with van der Waals surface area (Å²) in [5, 5.41) is 18.4. The van der Waals surface area contributed by atoms with Crippen LogP contribution in [0.5, 0.6) is 11.5 Å². The summed E-state index contributed by atoms with van der Waals surface area (Å²) in [5.74, 6) is -0.0630. The number of ether oxygens (including phenoxy) is 1. The highest BCUT2D eigenvalue weighted by Crippen LogP contribution is 2.17. The summed E-state index contributed by atoms with van der Waals surface area (Å²) in [5.41, 5.74) is 1.25. The molecular weight excluding hydrogens is 290 g/mol. The summed E-state index contributed by atoms with van der Waals surface area (Å²) < 4.78 is 5.12. The Kier molecular flexibility index (Phi) is 4.92. The molecule has 0 spiro atoms. The van der Waals surface area contributed by atoms with E-state index in [1.54, 1.807) is 24.3 Å². The van der Waals surface area contributed by atoms with E-state index in [1.807, 2.05) is 0 Å². The Morgan fingerprint density at radius 3 is 2.50 bits per heavy atom. The summed E-state index contributed by atoms with van der Waals surface area (Å²) in [4.78, 5) is 26.3. The van der Waals surface area contributed by atoms with E-state index in [9.17, 15) is 14.9 Å². The molecule has 0 heterocycles. The zero-order valence-corrected chi connectivity index (χ0v) is 11.5. The first-order valence-electron chi connectivity index (χ1n) is 6.38. The predicted octanol–water partition coefficient (Wildman–Crippen LogP) is 2.25. The SMILES string of the molecule is O=C(Cc1cccc(CO[N+](=O)[O-])c1)Oc1ccc(O)cc1. The molecule has 7 nitrogen and oxygen atoms in total. The number of carbonyl (C=O) groups is 1. The molecule has 1 N–H and O–H groups in total. The maximum atomic E-state index is 11.8. The summed E-state index contributed by atoms with van der Waals surface area (Å²) in [6.07, 6.45) is 0.0210. The molecule has 114 valence electrons. The van der Waals surface area contributed by atoms with E-state index >= 15 is 0 Å². The molecule has 7 heteroatoms. The van der Waals surface area contributed by atoms with Crippen LogP contribution in [0.1, 0.15) is 11.1 Å². The fourth-order valence-corrected chi connectivity index (χ4v) is 1.81. The zero-order valence-electron chi connectivity index (χ0n) is 11.5. The van der Waals surface area contributed by atoms with Gasteiger partial charge in [0.15, 0.2) is 0 Å². The molecule has 2 aromatic rings. The molecule has 22 heavy (non-hydrogen) atoms. The van der Waals surface area contributed by atoms with Crippen molar-refractivity contribution in [2.75, 3.05) is 0 Å². The van der Waals surface area contributed by atoms with Crippen LogP contribution in [0.15, 0.2) is 48.5 Å². The van der Waals surface area contributed by atoms with Gasteiger partial charge in [-0.25, -0.2) is 0 Å². The molecule has 2 rings (SSSR count). The van der Waals surface area contributed by atoms with Crippen molar-refractivity contribution in [2.24, 2.45) is 0 Å². The molecule has 0 atom stereocenters. The summed E-state index contributed by atoms with van der Waals surface area (Å²) in [6.45, 7) is -0.173. The third kappa shape index (κ3) is 4.78. The van der Waals surface area contributed by atoms with Crippen LogP contribution in [0, 0.1) is 10.1 Å². The van der Waals surface area contributed by atoms with Gasteiger partial charge in [-0.15, -0.1) is 10.1 Å². The van der Waals surface area contributed by atoms with Gasteiger partial charge in [0.2, 0.25) is 0 Å². The lowest BCUT2D eigenvalue weighted by Crippen LogP contribution is -2.11. The lowest BCUT2D eigenvalue weighted by Gasteiger charge is -2.06. The third-order valence-electron chi connectivity index (χ3n) is 2.74. The van der Waals surface area contributed by atoms with Crippen molar-refractivity contribution in [1.82, 2.24) is 0 Å². The van der Waals surface area contributed by atoms with E-state index in [-0.39, 0.29) is 18.8 Å². The van der Waals surface area contributed by atoms with Crippen molar-refractivity contribution >= 4 is 5.97 Å². The van der Waals surface area contributed by atoms with Gasteiger partial charge in [0, 0.05) is 0 Å². The van der Waals surface area contributed by atoms with Crippen LogP contribution in [0.3, 0.4) is 0 Å². The largest absolute Gasteiger partial charge is 0.508 e. The van der Waals surface area contributed by atoms with Gasteiger partial charge in [-0.2, -0.15) is 0 Å². The van der Waals surface area contributed by atoms with Crippen LogP contribution in [0.2, 0.25) is 0 Å². The molecule has 0 unspecified atom stereocenters. The highest BCUT2D eigenvalue weighted by atomic mass is 16.9. The first kappa shape index (κ1) is 15.3. The van der Waals surface area contributed by atoms with Crippen molar-refractivity contribution < 1.29 is 24.6 Å². The van der Waals surface area contributed by atoms with Gasteiger partial charge in [0.1, 0.15) is 18.1 Å². The number of phenolic OH excluding ortho intramolecular Hbond substituents is 1. The maximum absolute atomic E-state index is 11.8. The van der Waals surface area contributed by atoms with E-state index in [0.717, 1.165) is 0 Å². The minimum atomic E-state index is -0.869. The summed E-state index contributed by atoms with van der Waals surface area (Å²) in [7, 11) is 0. The van der Waals surface area contributed by atoms with E-state index in [1.165, 1.54) is 24.3 Å². The van der Waals surface area contributed by atoms with Gasteiger partial charge in [-0.1, -0.05) is 24.3 Å². The standard InChI is InChI=1S/C15H13NO6/c17-13-4-6-14(7-5-13)22-15(18)9-11-2-1-3-12(8-11)10-21-16(19)20/h1-8,17H,9-10H2. The molecule has 2 aromatic carbocycles. The quantitative estimate of drug-likeness (QED) is 0.380. The molecule has 0 aliphatic rings. The van der Waals surface area contributed by atoms with Crippen molar-refractivity contribution in [3.63, 3.8) is 0 Å². The second kappa shape index (κ2) is 7.07. The van der Waals surface area contributed by atoms with Gasteiger partial charge in [0.05, 0.1) is 6.42 Å². The predicted molar refractivity (Wildman–Crippen MR) is 75.7 cm³/mol. The fraction of sp³-hybridized carbons (Fsp3) is 0.133. The smallest absolute Gasteiger partial charge is 0.315 e. The molecule has 0 radical (unpaired) electrons. The highest BCUT2D eigenvalue weighted by molar-refractivity contribution is 5.75. The molecule has 0 fully saturated rings. The molecule has 0 amide bonds. The lowest BCUT2D eigenvalue weighted by atomic mass is 10.1. The minimum absolute atomic E-state index is 0.0210. The molecule has 0 saturated carbocycles. The first-order chi connectivity index (χ1) is 10.5. The van der Waals surface area contributed by atoms with Gasteiger partial charge in [-0.05, 0) is 35.4 Å². The Morgan fingerprint density at radius 2 is 1.82 bits per heavy atom. The van der Waals surface area contributed by atoms with Crippen LogP contribution in [-0.2, 0) is 22.7 Å². The summed E-state index contributed by atoms with van der Waals surface area (Å²) >= 11 is 0. The number of nitrogens with zero attached hydrogens (tertiary/aromatic N) is 1. The number of carbonyl (C=O) groups excluding carboxylic acids is 1. The molecule has 0 saturated heterocycles. The second-order valence-corrected chi connectivity index (χ2v) is 4.46. The monoisotopic (exact) mass is 303 g/mol. The number of phenols is 1. The van der Waals surface area contributed by atoms with E-state index in [0.29, 0.717) is 16.9 Å². The van der Waals surface area contributed by atoms with Gasteiger partial charge >= 0.3 is 5.97 Å². The van der Waals surface area contributed by atoms with Gasteiger partial charge in [-0.3, -0.25) is 4.79 Å². The van der Waals surface area contributed by atoms with Crippen LogP contribution >= 0.6 is 0 Å². The Hall–Kier alpha value is -3.09. The summed E-state index contributed by atoms with van der Waals surface area (Å²) in [6, 6.07) is 12.5. The minimum Gasteiger partial charge on any atom is -0.508 e. The average Bonchev–Trinajstić information content (AvgIpc) is 2.48. The van der Waals surface area contributed by atoms with Crippen molar-refractivity contribution in [1.29, 1.82) is 0 Å². The molecule has 0 aliphatic carbocycles. The van der Waals surface area contributed by atoms with Crippen LogP contribution in [-0.4, -0.2) is 16.2 Å². The number of benzene rings is 2. The van der Waals surface area contributed by atoms with Gasteiger partial charge < -0.3 is 14.7 Å².